The third kappa shape index (κ3) is 3.21. The molecular formula is C16H18BrFN2S. The van der Waals surface area contributed by atoms with E-state index in [2.05, 4.69) is 43.0 Å². The van der Waals surface area contributed by atoms with Crippen LogP contribution in [0.1, 0.15) is 22.7 Å². The molecule has 1 aliphatic rings. The molecule has 3 rings (SSSR count). The molecule has 1 atom stereocenters. The van der Waals surface area contributed by atoms with Crippen molar-refractivity contribution >= 4 is 27.3 Å². The minimum atomic E-state index is -0.0899. The van der Waals surface area contributed by atoms with Crippen LogP contribution >= 0.6 is 27.3 Å². The number of piperazine rings is 1. The van der Waals surface area contributed by atoms with E-state index in [0.29, 0.717) is 5.56 Å². The van der Waals surface area contributed by atoms with Gasteiger partial charge in [-0.25, -0.2) is 4.39 Å². The number of hydrogen-bond acceptors (Lipinski definition) is 3. The molecule has 1 aromatic carbocycles. The molecule has 0 radical (unpaired) electrons. The highest BCUT2D eigenvalue weighted by Gasteiger charge is 2.27. The molecule has 5 heteroatoms. The highest BCUT2D eigenvalue weighted by Crippen LogP contribution is 2.34. The Bertz CT molecular complexity index is 609. The van der Waals surface area contributed by atoms with Crippen molar-refractivity contribution in [3.8, 4) is 0 Å². The van der Waals surface area contributed by atoms with Crippen molar-refractivity contribution in [2.45, 2.75) is 13.0 Å². The minimum Gasteiger partial charge on any atom is -0.314 e. The van der Waals surface area contributed by atoms with E-state index in [4.69, 9.17) is 0 Å². The maximum absolute atomic E-state index is 14.7. The summed E-state index contributed by atoms with van der Waals surface area (Å²) < 4.78 is 15.7. The monoisotopic (exact) mass is 368 g/mol. The summed E-state index contributed by atoms with van der Waals surface area (Å²) in [5.74, 6) is -0.0899. The molecule has 1 fully saturated rings. The summed E-state index contributed by atoms with van der Waals surface area (Å²) in [5.41, 5.74) is 2.63. The summed E-state index contributed by atoms with van der Waals surface area (Å²) in [5, 5.41) is 7.55. The van der Waals surface area contributed by atoms with Crippen LogP contribution in [0.25, 0.3) is 0 Å². The molecule has 1 aromatic heterocycles. The number of thiophene rings is 1. The predicted molar refractivity (Wildman–Crippen MR) is 89.4 cm³/mol. The van der Waals surface area contributed by atoms with Crippen LogP contribution in [0.5, 0.6) is 0 Å². The fourth-order valence-corrected chi connectivity index (χ4v) is 4.18. The van der Waals surface area contributed by atoms with E-state index in [0.717, 1.165) is 36.2 Å². The van der Waals surface area contributed by atoms with Gasteiger partial charge in [-0.15, -0.1) is 0 Å². The topological polar surface area (TPSA) is 15.3 Å². The fraction of sp³-hybridized carbons (Fsp3) is 0.375. The lowest BCUT2D eigenvalue weighted by Gasteiger charge is -2.35. The smallest absolute Gasteiger partial charge is 0.131 e. The van der Waals surface area contributed by atoms with E-state index in [1.807, 2.05) is 19.1 Å². The number of nitrogens with zero attached hydrogens (tertiary/aromatic N) is 1. The SMILES string of the molecule is Cc1cc(Br)cc([C@@H](c2ccsc2)N2CCNCC2)c1F. The molecule has 2 nitrogen and oxygen atoms in total. The van der Waals surface area contributed by atoms with E-state index in [-0.39, 0.29) is 11.9 Å². The van der Waals surface area contributed by atoms with Crippen LogP contribution in [-0.4, -0.2) is 31.1 Å². The molecule has 112 valence electrons. The van der Waals surface area contributed by atoms with Gasteiger partial charge in [0, 0.05) is 36.2 Å². The van der Waals surface area contributed by atoms with Gasteiger partial charge in [-0.1, -0.05) is 15.9 Å². The molecule has 0 aliphatic carbocycles. The normalized spacial score (nSPS) is 17.9. The highest BCUT2D eigenvalue weighted by molar-refractivity contribution is 9.10. The lowest BCUT2D eigenvalue weighted by Crippen LogP contribution is -2.45. The van der Waals surface area contributed by atoms with Crippen LogP contribution in [0.2, 0.25) is 0 Å². The Morgan fingerprint density at radius 2 is 2.10 bits per heavy atom. The van der Waals surface area contributed by atoms with Crippen LogP contribution in [0.4, 0.5) is 4.39 Å². The Hall–Kier alpha value is -0.750. The third-order valence-electron chi connectivity index (χ3n) is 3.92. The molecule has 0 spiro atoms. The first kappa shape index (κ1) is 15.2. The molecule has 2 aromatic rings. The summed E-state index contributed by atoms with van der Waals surface area (Å²) in [6, 6.07) is 5.86. The second-order valence-corrected chi connectivity index (χ2v) is 7.07. The van der Waals surface area contributed by atoms with Gasteiger partial charge in [0.1, 0.15) is 5.82 Å². The van der Waals surface area contributed by atoms with Crippen molar-refractivity contribution < 1.29 is 4.39 Å². The van der Waals surface area contributed by atoms with Gasteiger partial charge in [-0.3, -0.25) is 4.90 Å². The summed E-state index contributed by atoms with van der Waals surface area (Å²) in [4.78, 5) is 2.36. The van der Waals surface area contributed by atoms with Gasteiger partial charge in [-0.05, 0) is 47.0 Å². The zero-order chi connectivity index (χ0) is 14.8. The second-order valence-electron chi connectivity index (χ2n) is 5.37. The molecular weight excluding hydrogens is 351 g/mol. The predicted octanol–water partition coefficient (Wildman–Crippen LogP) is 3.95. The summed E-state index contributed by atoms with van der Waals surface area (Å²) in [6.45, 7) is 5.60. The maximum Gasteiger partial charge on any atom is 0.131 e. The summed E-state index contributed by atoms with van der Waals surface area (Å²) >= 11 is 5.17. The molecule has 21 heavy (non-hydrogen) atoms. The Balaban J connectivity index is 2.07. The molecule has 1 N–H and O–H groups in total. The lowest BCUT2D eigenvalue weighted by atomic mass is 9.96. The first-order valence-electron chi connectivity index (χ1n) is 7.09. The van der Waals surface area contributed by atoms with Gasteiger partial charge in [0.15, 0.2) is 0 Å². The molecule has 1 aliphatic heterocycles. The largest absolute Gasteiger partial charge is 0.314 e. The standard InChI is InChI=1S/C16H18BrFN2S/c1-11-8-13(17)9-14(15(11)18)16(12-2-7-21-10-12)20-5-3-19-4-6-20/h2,7-10,16,19H,3-6H2,1H3/t16-/m1/s1. The Morgan fingerprint density at radius 3 is 2.76 bits per heavy atom. The number of nitrogens with one attached hydrogen (secondary N) is 1. The molecule has 0 amide bonds. The summed E-state index contributed by atoms with van der Waals surface area (Å²) in [7, 11) is 0. The van der Waals surface area contributed by atoms with Crippen LogP contribution in [-0.2, 0) is 0 Å². The van der Waals surface area contributed by atoms with Crippen molar-refractivity contribution in [1.82, 2.24) is 10.2 Å². The minimum absolute atomic E-state index is 0.00505. The van der Waals surface area contributed by atoms with Gasteiger partial charge < -0.3 is 5.32 Å². The van der Waals surface area contributed by atoms with Crippen molar-refractivity contribution in [3.63, 3.8) is 0 Å². The molecule has 0 unspecified atom stereocenters. The quantitative estimate of drug-likeness (QED) is 0.881. The van der Waals surface area contributed by atoms with Gasteiger partial charge in [0.2, 0.25) is 0 Å². The third-order valence-corrected chi connectivity index (χ3v) is 5.08. The zero-order valence-corrected chi connectivity index (χ0v) is 14.3. The molecule has 0 bridgehead atoms. The number of benzene rings is 1. The molecule has 0 saturated carbocycles. The highest BCUT2D eigenvalue weighted by atomic mass is 79.9. The number of hydrogen-bond donors (Lipinski definition) is 1. The van der Waals surface area contributed by atoms with Crippen molar-refractivity contribution in [2.75, 3.05) is 26.2 Å². The second kappa shape index (κ2) is 6.57. The summed E-state index contributed by atoms with van der Waals surface area (Å²) in [6.07, 6.45) is 0. The van der Waals surface area contributed by atoms with Crippen molar-refractivity contribution in [1.29, 1.82) is 0 Å². The Labute approximate surface area is 137 Å². The van der Waals surface area contributed by atoms with Crippen LogP contribution in [0, 0.1) is 12.7 Å². The number of aryl methyl sites for hydroxylation is 1. The number of rotatable bonds is 3. The van der Waals surface area contributed by atoms with Gasteiger partial charge in [-0.2, -0.15) is 11.3 Å². The van der Waals surface area contributed by atoms with E-state index in [1.54, 1.807) is 11.3 Å². The number of halogens is 2. The van der Waals surface area contributed by atoms with E-state index >= 15 is 0 Å². The van der Waals surface area contributed by atoms with Gasteiger partial charge in [0.25, 0.3) is 0 Å². The average Bonchev–Trinajstić information content (AvgIpc) is 2.99. The molecule has 2 heterocycles. The van der Waals surface area contributed by atoms with Crippen LogP contribution < -0.4 is 5.32 Å². The molecule has 1 saturated heterocycles. The fourth-order valence-electron chi connectivity index (χ4n) is 2.91. The van der Waals surface area contributed by atoms with Gasteiger partial charge in [0.05, 0.1) is 6.04 Å². The van der Waals surface area contributed by atoms with Crippen molar-refractivity contribution in [2.24, 2.45) is 0 Å². The lowest BCUT2D eigenvalue weighted by molar-refractivity contribution is 0.195. The van der Waals surface area contributed by atoms with Crippen LogP contribution in [0.3, 0.4) is 0 Å². The Morgan fingerprint density at radius 1 is 1.33 bits per heavy atom. The first-order chi connectivity index (χ1) is 10.2. The Kier molecular flexibility index (Phi) is 4.74. The van der Waals surface area contributed by atoms with E-state index in [9.17, 15) is 4.39 Å². The average molecular weight is 369 g/mol. The first-order valence-corrected chi connectivity index (χ1v) is 8.83. The van der Waals surface area contributed by atoms with E-state index in [1.165, 1.54) is 5.56 Å². The maximum atomic E-state index is 14.7. The van der Waals surface area contributed by atoms with Gasteiger partial charge >= 0.3 is 0 Å². The van der Waals surface area contributed by atoms with Crippen LogP contribution in [0.15, 0.2) is 33.4 Å². The van der Waals surface area contributed by atoms with E-state index < -0.39 is 0 Å². The van der Waals surface area contributed by atoms with Crippen molar-refractivity contribution in [3.05, 3.63) is 55.9 Å². The zero-order valence-electron chi connectivity index (χ0n) is 11.9.